The number of hydrogen-bond donors (Lipinski definition) is 1. The lowest BCUT2D eigenvalue weighted by Gasteiger charge is -2.21. The van der Waals surface area contributed by atoms with Crippen LogP contribution in [0.5, 0.6) is 0 Å². The van der Waals surface area contributed by atoms with Crippen molar-refractivity contribution in [2.75, 3.05) is 42.3 Å². The highest BCUT2D eigenvalue weighted by Gasteiger charge is 2.19. The van der Waals surface area contributed by atoms with E-state index < -0.39 is 0 Å². The van der Waals surface area contributed by atoms with Gasteiger partial charge in [0.1, 0.15) is 5.69 Å². The average molecular weight is 390 g/mol. The predicted molar refractivity (Wildman–Crippen MR) is 99.9 cm³/mol. The first-order chi connectivity index (χ1) is 11.6. The number of carbonyl (C=O) groups is 1. The molecule has 1 aliphatic rings. The minimum absolute atomic E-state index is 0.192. The van der Waals surface area contributed by atoms with Gasteiger partial charge in [-0.05, 0) is 40.9 Å². The van der Waals surface area contributed by atoms with E-state index in [2.05, 4.69) is 36.1 Å². The lowest BCUT2D eigenvalue weighted by Crippen LogP contribution is -2.24. The van der Waals surface area contributed by atoms with E-state index in [0.717, 1.165) is 23.5 Å². The summed E-state index contributed by atoms with van der Waals surface area (Å²) >= 11 is 3.40. The number of aromatic nitrogens is 2. The van der Waals surface area contributed by atoms with E-state index in [1.807, 2.05) is 37.2 Å². The molecule has 0 saturated carbocycles. The fraction of sp³-hybridized carbons (Fsp3) is 0.353. The van der Waals surface area contributed by atoms with Crippen LogP contribution in [-0.2, 0) is 0 Å². The summed E-state index contributed by atoms with van der Waals surface area (Å²) in [6, 6.07) is 7.32. The molecule has 0 unspecified atom stereocenters. The standard InChI is InChI=1S/C17H20BrN5O/c1-22(2)15-14(11-19-17(21-15)23-9-5-6-10-23)20-16(24)12-7-3-4-8-13(12)18/h3-4,7-8,11H,5-6,9-10H2,1-2H3,(H,20,24). The molecule has 3 rings (SSSR count). The van der Waals surface area contributed by atoms with Gasteiger partial charge >= 0.3 is 0 Å². The molecular weight excluding hydrogens is 370 g/mol. The second-order valence-corrected chi connectivity index (χ2v) is 6.78. The Morgan fingerprint density at radius 2 is 1.96 bits per heavy atom. The van der Waals surface area contributed by atoms with Gasteiger partial charge in [0.05, 0.1) is 11.8 Å². The Balaban J connectivity index is 1.87. The fourth-order valence-corrected chi connectivity index (χ4v) is 3.16. The minimum Gasteiger partial charge on any atom is -0.361 e. The molecule has 24 heavy (non-hydrogen) atoms. The Morgan fingerprint density at radius 1 is 1.25 bits per heavy atom. The van der Waals surface area contributed by atoms with Gasteiger partial charge in [-0.1, -0.05) is 12.1 Å². The van der Waals surface area contributed by atoms with E-state index in [1.54, 1.807) is 12.3 Å². The minimum atomic E-state index is -0.192. The van der Waals surface area contributed by atoms with Crippen molar-refractivity contribution in [2.24, 2.45) is 0 Å². The Hall–Kier alpha value is -2.15. The van der Waals surface area contributed by atoms with Crippen molar-refractivity contribution in [2.45, 2.75) is 12.8 Å². The molecular formula is C17H20BrN5O. The first kappa shape index (κ1) is 16.7. The van der Waals surface area contributed by atoms with E-state index in [0.29, 0.717) is 17.1 Å². The van der Waals surface area contributed by atoms with Crippen molar-refractivity contribution in [1.82, 2.24) is 9.97 Å². The van der Waals surface area contributed by atoms with Crippen LogP contribution in [0.3, 0.4) is 0 Å². The highest BCUT2D eigenvalue weighted by Crippen LogP contribution is 2.26. The zero-order valence-corrected chi connectivity index (χ0v) is 15.4. The van der Waals surface area contributed by atoms with Crippen LogP contribution in [0, 0.1) is 0 Å². The van der Waals surface area contributed by atoms with Gasteiger partial charge in [0.2, 0.25) is 5.95 Å². The quantitative estimate of drug-likeness (QED) is 0.869. The topological polar surface area (TPSA) is 61.4 Å². The molecule has 1 amide bonds. The number of amides is 1. The highest BCUT2D eigenvalue weighted by molar-refractivity contribution is 9.10. The summed E-state index contributed by atoms with van der Waals surface area (Å²) in [4.78, 5) is 25.7. The first-order valence-electron chi connectivity index (χ1n) is 7.91. The molecule has 1 aromatic carbocycles. The van der Waals surface area contributed by atoms with Gasteiger partial charge in [0, 0.05) is 31.7 Å². The molecule has 0 atom stereocenters. The van der Waals surface area contributed by atoms with Crippen LogP contribution in [0.25, 0.3) is 0 Å². The van der Waals surface area contributed by atoms with E-state index in [4.69, 9.17) is 0 Å². The van der Waals surface area contributed by atoms with Crippen LogP contribution >= 0.6 is 15.9 Å². The van der Waals surface area contributed by atoms with E-state index in [9.17, 15) is 4.79 Å². The molecule has 1 saturated heterocycles. The summed E-state index contributed by atoms with van der Waals surface area (Å²) in [5.74, 6) is 1.23. The van der Waals surface area contributed by atoms with E-state index >= 15 is 0 Å². The maximum Gasteiger partial charge on any atom is 0.256 e. The second-order valence-electron chi connectivity index (χ2n) is 5.93. The molecule has 0 bridgehead atoms. The molecule has 0 spiro atoms. The summed E-state index contributed by atoms with van der Waals surface area (Å²) in [6.07, 6.45) is 4.02. The number of halogens is 1. The number of nitrogens with one attached hydrogen (secondary N) is 1. The Bertz CT molecular complexity index is 744. The Kier molecular flexibility index (Phi) is 4.99. The monoisotopic (exact) mass is 389 g/mol. The summed E-state index contributed by atoms with van der Waals surface area (Å²) in [5, 5.41) is 2.91. The zero-order valence-electron chi connectivity index (χ0n) is 13.8. The molecule has 6 nitrogen and oxygen atoms in total. The maximum absolute atomic E-state index is 12.5. The van der Waals surface area contributed by atoms with Crippen molar-refractivity contribution in [1.29, 1.82) is 0 Å². The molecule has 2 aromatic rings. The molecule has 1 N–H and O–H groups in total. The smallest absolute Gasteiger partial charge is 0.256 e. The normalized spacial score (nSPS) is 13.9. The van der Waals surface area contributed by atoms with Gasteiger partial charge in [0.25, 0.3) is 5.91 Å². The van der Waals surface area contributed by atoms with Crippen LogP contribution in [0.15, 0.2) is 34.9 Å². The van der Waals surface area contributed by atoms with Crippen LogP contribution in [0.1, 0.15) is 23.2 Å². The van der Waals surface area contributed by atoms with E-state index in [-0.39, 0.29) is 5.91 Å². The maximum atomic E-state index is 12.5. The van der Waals surface area contributed by atoms with Gasteiger partial charge in [-0.25, -0.2) is 4.98 Å². The van der Waals surface area contributed by atoms with Crippen LogP contribution in [0.4, 0.5) is 17.5 Å². The Labute approximate surface area is 150 Å². The molecule has 1 aromatic heterocycles. The van der Waals surface area contributed by atoms with Gasteiger partial charge in [-0.2, -0.15) is 4.98 Å². The second kappa shape index (κ2) is 7.17. The zero-order chi connectivity index (χ0) is 17.1. The first-order valence-corrected chi connectivity index (χ1v) is 8.71. The number of nitrogens with zero attached hydrogens (tertiary/aromatic N) is 4. The lowest BCUT2D eigenvalue weighted by atomic mass is 10.2. The number of hydrogen-bond acceptors (Lipinski definition) is 5. The van der Waals surface area contributed by atoms with Crippen LogP contribution in [-0.4, -0.2) is 43.1 Å². The summed E-state index contributed by atoms with van der Waals surface area (Å²) in [7, 11) is 3.81. The van der Waals surface area contributed by atoms with Crippen molar-refractivity contribution in [3.8, 4) is 0 Å². The molecule has 1 aliphatic heterocycles. The van der Waals surface area contributed by atoms with Crippen LogP contribution < -0.4 is 15.1 Å². The number of rotatable bonds is 4. The molecule has 2 heterocycles. The summed E-state index contributed by atoms with van der Waals surface area (Å²) < 4.78 is 0.753. The molecule has 0 aliphatic carbocycles. The van der Waals surface area contributed by atoms with Crippen molar-refractivity contribution in [3.63, 3.8) is 0 Å². The third-order valence-electron chi connectivity index (χ3n) is 3.94. The number of benzene rings is 1. The third-order valence-corrected chi connectivity index (χ3v) is 4.63. The predicted octanol–water partition coefficient (Wildman–Crippen LogP) is 3.16. The third kappa shape index (κ3) is 3.51. The highest BCUT2D eigenvalue weighted by atomic mass is 79.9. The van der Waals surface area contributed by atoms with Crippen molar-refractivity contribution < 1.29 is 4.79 Å². The molecule has 0 radical (unpaired) electrons. The molecule has 1 fully saturated rings. The SMILES string of the molecule is CN(C)c1nc(N2CCCC2)ncc1NC(=O)c1ccccc1Br. The molecule has 126 valence electrons. The van der Waals surface area contributed by atoms with Gasteiger partial charge in [0.15, 0.2) is 5.82 Å². The summed E-state index contributed by atoms with van der Waals surface area (Å²) in [5.41, 5.74) is 1.18. The van der Waals surface area contributed by atoms with E-state index in [1.165, 1.54) is 12.8 Å². The van der Waals surface area contributed by atoms with Crippen LogP contribution in [0.2, 0.25) is 0 Å². The number of carbonyl (C=O) groups excluding carboxylic acids is 1. The number of anilines is 3. The fourth-order valence-electron chi connectivity index (χ4n) is 2.70. The van der Waals surface area contributed by atoms with Crippen molar-refractivity contribution in [3.05, 3.63) is 40.5 Å². The Morgan fingerprint density at radius 3 is 2.62 bits per heavy atom. The van der Waals surface area contributed by atoms with Gasteiger partial charge < -0.3 is 15.1 Å². The lowest BCUT2D eigenvalue weighted by molar-refractivity contribution is 0.102. The van der Waals surface area contributed by atoms with Gasteiger partial charge in [-0.3, -0.25) is 4.79 Å². The summed E-state index contributed by atoms with van der Waals surface area (Å²) in [6.45, 7) is 1.96. The van der Waals surface area contributed by atoms with Crippen molar-refractivity contribution >= 4 is 39.3 Å². The average Bonchev–Trinajstić information content (AvgIpc) is 3.09. The largest absolute Gasteiger partial charge is 0.361 e. The van der Waals surface area contributed by atoms with Gasteiger partial charge in [-0.15, -0.1) is 0 Å². The molecule has 7 heteroatoms.